The number of anilines is 1. The third-order valence-corrected chi connectivity index (χ3v) is 4.59. The Balaban J connectivity index is 1.41. The highest BCUT2D eigenvalue weighted by Gasteiger charge is 2.13. The van der Waals surface area contributed by atoms with E-state index in [0.29, 0.717) is 13.0 Å². The van der Waals surface area contributed by atoms with Crippen LogP contribution in [0.2, 0.25) is 0 Å². The number of aromatic nitrogens is 2. The zero-order valence-electron chi connectivity index (χ0n) is 16.6. The minimum Gasteiger partial charge on any atom is -0.489 e. The number of ether oxygens (including phenoxy) is 1. The first kappa shape index (κ1) is 18.7. The average Bonchev–Trinajstić information content (AvgIpc) is 3.22. The molecule has 0 aliphatic heterocycles. The zero-order chi connectivity index (χ0) is 20.1. The summed E-state index contributed by atoms with van der Waals surface area (Å²) in [5.74, 6) is 2.43. The summed E-state index contributed by atoms with van der Waals surface area (Å²) in [7, 11) is 3.93. The molecule has 2 heterocycles. The van der Waals surface area contributed by atoms with Gasteiger partial charge in [-0.05, 0) is 35.4 Å². The summed E-state index contributed by atoms with van der Waals surface area (Å²) in [4.78, 5) is 6.39. The average molecular weight is 385 g/mol. The molecule has 0 aliphatic carbocycles. The fourth-order valence-electron chi connectivity index (χ4n) is 3.12. The molecule has 4 rings (SSSR count). The fourth-order valence-corrected chi connectivity index (χ4v) is 3.12. The standard InChI is InChI=1S/C24H23N3O2/c1-27(2)24-22(9-6-14-25-24)23-16-20(26-29-23)15-18-10-12-21(13-11-18)28-17-19-7-4-3-5-8-19/h3-14,16H,15,17H2,1-2H3. The van der Waals surface area contributed by atoms with Crippen LogP contribution in [0.15, 0.2) is 83.5 Å². The quantitative estimate of drug-likeness (QED) is 0.449. The van der Waals surface area contributed by atoms with E-state index in [1.54, 1.807) is 6.20 Å². The molecule has 0 bridgehead atoms. The first-order chi connectivity index (χ1) is 14.2. The lowest BCUT2D eigenvalue weighted by molar-refractivity contribution is 0.306. The maximum atomic E-state index is 5.85. The van der Waals surface area contributed by atoms with Gasteiger partial charge in [0.15, 0.2) is 5.76 Å². The Kier molecular flexibility index (Phi) is 5.56. The second kappa shape index (κ2) is 8.61. The van der Waals surface area contributed by atoms with E-state index in [0.717, 1.165) is 39.7 Å². The minimum absolute atomic E-state index is 0.562. The van der Waals surface area contributed by atoms with Gasteiger partial charge in [0, 0.05) is 32.8 Å². The molecule has 0 saturated heterocycles. The maximum Gasteiger partial charge on any atom is 0.170 e. The molecule has 2 aromatic carbocycles. The fraction of sp³-hybridized carbons (Fsp3) is 0.167. The van der Waals surface area contributed by atoms with Gasteiger partial charge in [-0.3, -0.25) is 0 Å². The molecule has 5 heteroatoms. The van der Waals surface area contributed by atoms with Crippen LogP contribution in [0, 0.1) is 0 Å². The second-order valence-electron chi connectivity index (χ2n) is 7.05. The molecule has 2 aromatic heterocycles. The number of rotatable bonds is 7. The van der Waals surface area contributed by atoms with Crippen LogP contribution in [-0.4, -0.2) is 24.2 Å². The van der Waals surface area contributed by atoms with Gasteiger partial charge in [-0.25, -0.2) is 4.98 Å². The molecule has 4 aromatic rings. The Morgan fingerprint density at radius 2 is 1.69 bits per heavy atom. The van der Waals surface area contributed by atoms with Crippen molar-refractivity contribution in [3.05, 3.63) is 95.8 Å². The largest absolute Gasteiger partial charge is 0.489 e. The van der Waals surface area contributed by atoms with E-state index in [4.69, 9.17) is 9.26 Å². The third kappa shape index (κ3) is 4.63. The summed E-state index contributed by atoms with van der Waals surface area (Å²) in [6, 6.07) is 24.1. The van der Waals surface area contributed by atoms with Crippen LogP contribution < -0.4 is 9.64 Å². The summed E-state index contributed by atoms with van der Waals surface area (Å²) in [6.07, 6.45) is 2.47. The van der Waals surface area contributed by atoms with E-state index in [-0.39, 0.29) is 0 Å². The molecule has 0 atom stereocenters. The minimum atomic E-state index is 0.562. The lowest BCUT2D eigenvalue weighted by atomic mass is 10.1. The van der Waals surface area contributed by atoms with E-state index in [9.17, 15) is 0 Å². The van der Waals surface area contributed by atoms with Gasteiger partial charge in [0.05, 0.1) is 11.3 Å². The Labute approximate surface area is 170 Å². The second-order valence-corrected chi connectivity index (χ2v) is 7.05. The van der Waals surface area contributed by atoms with Gasteiger partial charge in [-0.15, -0.1) is 0 Å². The van der Waals surface area contributed by atoms with Crippen molar-refractivity contribution < 1.29 is 9.26 Å². The highest BCUT2D eigenvalue weighted by atomic mass is 16.5. The molecule has 0 saturated carbocycles. The Morgan fingerprint density at radius 3 is 2.45 bits per heavy atom. The van der Waals surface area contributed by atoms with Gasteiger partial charge in [0.1, 0.15) is 18.2 Å². The van der Waals surface area contributed by atoms with Crippen LogP contribution in [-0.2, 0) is 13.0 Å². The molecular formula is C24H23N3O2. The molecule has 0 unspecified atom stereocenters. The van der Waals surface area contributed by atoms with E-state index in [1.165, 1.54) is 0 Å². The highest BCUT2D eigenvalue weighted by Crippen LogP contribution is 2.28. The van der Waals surface area contributed by atoms with Crippen molar-refractivity contribution in [2.24, 2.45) is 0 Å². The molecular weight excluding hydrogens is 362 g/mol. The molecule has 29 heavy (non-hydrogen) atoms. The number of hydrogen-bond donors (Lipinski definition) is 0. The van der Waals surface area contributed by atoms with E-state index < -0.39 is 0 Å². The summed E-state index contributed by atoms with van der Waals surface area (Å²) in [5, 5.41) is 4.23. The Morgan fingerprint density at radius 1 is 0.897 bits per heavy atom. The first-order valence-electron chi connectivity index (χ1n) is 9.53. The van der Waals surface area contributed by atoms with Crippen molar-refractivity contribution in [2.45, 2.75) is 13.0 Å². The summed E-state index contributed by atoms with van der Waals surface area (Å²) < 4.78 is 11.4. The van der Waals surface area contributed by atoms with Crippen LogP contribution in [0.5, 0.6) is 5.75 Å². The smallest absolute Gasteiger partial charge is 0.170 e. The van der Waals surface area contributed by atoms with Gasteiger partial charge >= 0.3 is 0 Å². The normalized spacial score (nSPS) is 10.7. The molecule has 5 nitrogen and oxygen atoms in total. The molecule has 0 fully saturated rings. The summed E-state index contributed by atoms with van der Waals surface area (Å²) in [5.41, 5.74) is 4.11. The molecule has 0 radical (unpaired) electrons. The lowest BCUT2D eigenvalue weighted by Gasteiger charge is -2.13. The lowest BCUT2D eigenvalue weighted by Crippen LogP contribution is -2.11. The number of benzene rings is 2. The zero-order valence-corrected chi connectivity index (χ0v) is 16.6. The van der Waals surface area contributed by atoms with E-state index in [2.05, 4.69) is 34.4 Å². The molecule has 146 valence electrons. The molecule has 0 aliphatic rings. The monoisotopic (exact) mass is 385 g/mol. The van der Waals surface area contributed by atoms with Gasteiger partial charge in [0.25, 0.3) is 0 Å². The van der Waals surface area contributed by atoms with Crippen LogP contribution >= 0.6 is 0 Å². The van der Waals surface area contributed by atoms with Gasteiger partial charge in [0.2, 0.25) is 0 Å². The van der Waals surface area contributed by atoms with Gasteiger partial charge in [-0.2, -0.15) is 0 Å². The number of pyridine rings is 1. The molecule has 0 spiro atoms. The van der Waals surface area contributed by atoms with Gasteiger partial charge in [-0.1, -0.05) is 47.6 Å². The van der Waals surface area contributed by atoms with Crippen LogP contribution in [0.3, 0.4) is 0 Å². The van der Waals surface area contributed by atoms with Crippen LogP contribution in [0.1, 0.15) is 16.8 Å². The van der Waals surface area contributed by atoms with Crippen molar-refractivity contribution >= 4 is 5.82 Å². The first-order valence-corrected chi connectivity index (χ1v) is 9.53. The highest BCUT2D eigenvalue weighted by molar-refractivity contribution is 5.71. The predicted octanol–water partition coefficient (Wildman–Crippen LogP) is 4.97. The van der Waals surface area contributed by atoms with Crippen LogP contribution in [0.25, 0.3) is 11.3 Å². The van der Waals surface area contributed by atoms with Gasteiger partial charge < -0.3 is 14.2 Å². The van der Waals surface area contributed by atoms with E-state index in [1.807, 2.05) is 67.5 Å². The van der Waals surface area contributed by atoms with E-state index >= 15 is 0 Å². The summed E-state index contributed by atoms with van der Waals surface area (Å²) >= 11 is 0. The maximum absolute atomic E-state index is 5.85. The van der Waals surface area contributed by atoms with Crippen LogP contribution in [0.4, 0.5) is 5.82 Å². The Bertz CT molecular complexity index is 1060. The number of hydrogen-bond acceptors (Lipinski definition) is 5. The third-order valence-electron chi connectivity index (χ3n) is 4.59. The van der Waals surface area contributed by atoms with Crippen molar-refractivity contribution in [1.29, 1.82) is 0 Å². The molecule has 0 N–H and O–H groups in total. The summed E-state index contributed by atoms with van der Waals surface area (Å²) in [6.45, 7) is 0.562. The topological polar surface area (TPSA) is 51.4 Å². The Hall–Kier alpha value is -3.60. The van der Waals surface area contributed by atoms with Crippen molar-refractivity contribution in [3.63, 3.8) is 0 Å². The SMILES string of the molecule is CN(C)c1ncccc1-c1cc(Cc2ccc(OCc3ccccc3)cc2)no1. The number of nitrogens with zero attached hydrogens (tertiary/aromatic N) is 3. The van der Waals surface area contributed by atoms with Crippen molar-refractivity contribution in [1.82, 2.24) is 10.1 Å². The van der Waals surface area contributed by atoms with Crippen molar-refractivity contribution in [2.75, 3.05) is 19.0 Å². The van der Waals surface area contributed by atoms with Crippen molar-refractivity contribution in [3.8, 4) is 17.1 Å². The predicted molar refractivity (Wildman–Crippen MR) is 114 cm³/mol. The molecule has 0 amide bonds.